The van der Waals surface area contributed by atoms with Crippen LogP contribution in [-0.4, -0.2) is 72.2 Å². The molecule has 2 N–H and O–H groups in total. The average Bonchev–Trinajstić information content (AvgIpc) is 3.44. The zero-order valence-corrected chi connectivity index (χ0v) is 27.2. The van der Waals surface area contributed by atoms with Crippen molar-refractivity contribution in [3.05, 3.63) is 125 Å². The molecule has 0 bridgehead atoms. The third kappa shape index (κ3) is 7.89. The number of anilines is 1. The fourth-order valence-corrected chi connectivity index (χ4v) is 5.81. The number of amides is 3. The fourth-order valence-electron chi connectivity index (χ4n) is 5.81. The normalized spacial score (nSPS) is 16.2. The smallest absolute Gasteiger partial charge is 0.351 e. The quantitative estimate of drug-likeness (QED) is 0.170. The highest BCUT2D eigenvalue weighted by atomic mass is 19.4. The fraction of sp³-hybridized carbons (Fsp3) is 0.278. The molecule has 4 aromatic rings. The molecule has 0 radical (unpaired) electrons. The maximum atomic E-state index is 14.4. The first-order chi connectivity index (χ1) is 23.4. The number of alkyl halides is 3. The van der Waals surface area contributed by atoms with Gasteiger partial charge in [-0.1, -0.05) is 42.5 Å². The number of hydrogen-bond acceptors (Lipinski definition) is 5. The zero-order chi connectivity index (χ0) is 35.3. The van der Waals surface area contributed by atoms with Crippen LogP contribution < -0.4 is 15.5 Å². The van der Waals surface area contributed by atoms with Gasteiger partial charge >= 0.3 is 6.18 Å². The number of allylic oxidation sites excluding steroid dienone is 1. The number of carbonyl (C=O) groups is 3. The van der Waals surface area contributed by atoms with Crippen molar-refractivity contribution >= 4 is 23.5 Å². The van der Waals surface area contributed by atoms with Crippen LogP contribution in [0.2, 0.25) is 0 Å². The second-order valence-electron chi connectivity index (χ2n) is 11.8. The van der Waals surface area contributed by atoms with Gasteiger partial charge in [0.15, 0.2) is 0 Å². The van der Waals surface area contributed by atoms with Crippen molar-refractivity contribution in [2.45, 2.75) is 31.5 Å². The van der Waals surface area contributed by atoms with Gasteiger partial charge in [-0.25, -0.2) is 9.07 Å². The van der Waals surface area contributed by atoms with Crippen LogP contribution in [0.4, 0.5) is 23.4 Å². The summed E-state index contributed by atoms with van der Waals surface area (Å²) in [5.74, 6) is -2.72. The number of para-hydroxylation sites is 1. The molecule has 13 heteroatoms. The average molecular weight is 677 g/mol. The van der Waals surface area contributed by atoms with E-state index in [1.165, 1.54) is 41.3 Å². The van der Waals surface area contributed by atoms with E-state index in [4.69, 9.17) is 5.10 Å². The lowest BCUT2D eigenvalue weighted by Gasteiger charge is -2.38. The summed E-state index contributed by atoms with van der Waals surface area (Å²) in [5.41, 5.74) is 0.856. The van der Waals surface area contributed by atoms with Crippen molar-refractivity contribution in [1.82, 2.24) is 25.3 Å². The molecule has 2 atom stereocenters. The molecule has 1 aromatic heterocycles. The molecular formula is C36H36F4N6O3. The predicted molar refractivity (Wildman–Crippen MR) is 177 cm³/mol. The van der Waals surface area contributed by atoms with Crippen LogP contribution in [0.5, 0.6) is 0 Å². The summed E-state index contributed by atoms with van der Waals surface area (Å²) in [5, 5.41) is 10.4. The molecule has 49 heavy (non-hydrogen) atoms. The largest absolute Gasteiger partial charge is 0.416 e. The highest BCUT2D eigenvalue weighted by Crippen LogP contribution is 2.44. The number of carbonyl (C=O) groups excluding carboxylic acids is 3. The third-order valence-electron chi connectivity index (χ3n) is 8.13. The number of halogens is 4. The molecule has 0 saturated carbocycles. The van der Waals surface area contributed by atoms with E-state index in [2.05, 4.69) is 10.6 Å². The summed E-state index contributed by atoms with van der Waals surface area (Å²) in [6, 6.07) is 17.2. The van der Waals surface area contributed by atoms with E-state index < -0.39 is 41.3 Å². The van der Waals surface area contributed by atoms with E-state index in [0.717, 1.165) is 18.2 Å². The lowest BCUT2D eigenvalue weighted by Crippen LogP contribution is -2.55. The Hall–Kier alpha value is -5.30. The molecule has 9 nitrogen and oxygen atoms in total. The Bertz CT molecular complexity index is 1840. The van der Waals surface area contributed by atoms with Crippen LogP contribution in [0, 0.1) is 5.82 Å². The number of likely N-dealkylation sites (N-methyl/N-ethyl adjacent to an activating group) is 2. The summed E-state index contributed by atoms with van der Waals surface area (Å²) >= 11 is 0. The van der Waals surface area contributed by atoms with Gasteiger partial charge in [0.2, 0.25) is 5.91 Å². The SMILES string of the molecule is CCN1C(=O)[C@@H](NC(=O)c2cccc(C(F)(F)F)c2)[C@@H](c2ccc(F)cc2)c2c(C/C=C/C(=O)NCCN(C)C)nn(-c3ccccc3)c21. The number of benzene rings is 3. The minimum Gasteiger partial charge on any atom is -0.351 e. The lowest BCUT2D eigenvalue weighted by atomic mass is 9.80. The van der Waals surface area contributed by atoms with E-state index in [9.17, 15) is 31.9 Å². The number of hydrogen-bond donors (Lipinski definition) is 2. The van der Waals surface area contributed by atoms with Crippen molar-refractivity contribution in [3.8, 4) is 5.69 Å². The first-order valence-corrected chi connectivity index (χ1v) is 15.7. The molecule has 0 saturated heterocycles. The molecule has 1 aliphatic heterocycles. The highest BCUT2D eigenvalue weighted by Gasteiger charge is 2.46. The Balaban J connectivity index is 1.63. The molecule has 0 unspecified atom stereocenters. The number of rotatable bonds is 11. The number of nitrogens with one attached hydrogen (secondary N) is 2. The van der Waals surface area contributed by atoms with Crippen molar-refractivity contribution in [2.24, 2.45) is 0 Å². The maximum Gasteiger partial charge on any atom is 0.416 e. The van der Waals surface area contributed by atoms with Gasteiger partial charge in [0, 0.05) is 43.1 Å². The molecule has 2 heterocycles. The Morgan fingerprint density at radius 1 is 1.00 bits per heavy atom. The summed E-state index contributed by atoms with van der Waals surface area (Å²) in [4.78, 5) is 43.9. The molecule has 0 spiro atoms. The van der Waals surface area contributed by atoms with Crippen LogP contribution in [-0.2, 0) is 22.2 Å². The minimum atomic E-state index is -4.68. The van der Waals surface area contributed by atoms with E-state index in [-0.39, 0.29) is 24.4 Å². The predicted octanol–water partition coefficient (Wildman–Crippen LogP) is 5.10. The molecule has 1 aliphatic rings. The van der Waals surface area contributed by atoms with Gasteiger partial charge in [-0.05, 0) is 75.1 Å². The Morgan fingerprint density at radius 3 is 2.37 bits per heavy atom. The molecule has 256 valence electrons. The maximum absolute atomic E-state index is 14.4. The highest BCUT2D eigenvalue weighted by molar-refractivity contribution is 6.05. The summed E-state index contributed by atoms with van der Waals surface area (Å²) in [7, 11) is 3.79. The van der Waals surface area contributed by atoms with E-state index in [1.54, 1.807) is 17.7 Å². The van der Waals surface area contributed by atoms with Gasteiger partial charge in [0.25, 0.3) is 11.8 Å². The van der Waals surface area contributed by atoms with Crippen LogP contribution in [0.1, 0.15) is 45.6 Å². The first kappa shape index (κ1) is 35.0. The van der Waals surface area contributed by atoms with Gasteiger partial charge in [0.1, 0.15) is 17.7 Å². The van der Waals surface area contributed by atoms with E-state index in [0.29, 0.717) is 41.4 Å². The van der Waals surface area contributed by atoms with Crippen molar-refractivity contribution < 1.29 is 31.9 Å². The third-order valence-corrected chi connectivity index (χ3v) is 8.13. The molecule has 5 rings (SSSR count). The van der Waals surface area contributed by atoms with Crippen molar-refractivity contribution in [2.75, 3.05) is 38.6 Å². The molecule has 0 fully saturated rings. The van der Waals surface area contributed by atoms with Crippen molar-refractivity contribution in [3.63, 3.8) is 0 Å². The number of aromatic nitrogens is 2. The number of fused-ring (bicyclic) bond motifs is 1. The Kier molecular flexibility index (Phi) is 10.6. The summed E-state index contributed by atoms with van der Waals surface area (Å²) < 4.78 is 56.3. The summed E-state index contributed by atoms with van der Waals surface area (Å²) in [6.07, 6.45) is -1.48. The molecule has 0 aliphatic carbocycles. The molecule has 3 aromatic carbocycles. The Labute approximate surface area is 281 Å². The topological polar surface area (TPSA) is 99.6 Å². The Morgan fingerprint density at radius 2 is 1.71 bits per heavy atom. The molecular weight excluding hydrogens is 640 g/mol. The van der Waals surface area contributed by atoms with Crippen LogP contribution in [0.3, 0.4) is 0 Å². The summed E-state index contributed by atoms with van der Waals surface area (Å²) in [6.45, 7) is 3.02. The van der Waals surface area contributed by atoms with Crippen LogP contribution in [0.25, 0.3) is 5.69 Å². The minimum absolute atomic E-state index is 0.154. The van der Waals surface area contributed by atoms with Crippen LogP contribution in [0.15, 0.2) is 91.0 Å². The van der Waals surface area contributed by atoms with Gasteiger partial charge < -0.3 is 15.5 Å². The lowest BCUT2D eigenvalue weighted by molar-refractivity contribution is -0.137. The zero-order valence-electron chi connectivity index (χ0n) is 27.2. The van der Waals surface area contributed by atoms with Gasteiger partial charge in [-0.2, -0.15) is 18.3 Å². The first-order valence-electron chi connectivity index (χ1n) is 15.7. The van der Waals surface area contributed by atoms with E-state index in [1.807, 2.05) is 49.3 Å². The van der Waals surface area contributed by atoms with E-state index >= 15 is 0 Å². The van der Waals surface area contributed by atoms with Crippen LogP contribution >= 0.6 is 0 Å². The van der Waals surface area contributed by atoms with Gasteiger partial charge in [-0.3, -0.25) is 19.3 Å². The number of nitrogens with zero attached hydrogens (tertiary/aromatic N) is 4. The standard InChI is InChI=1S/C36H36F4N6O3/c1-4-45-34-31(28(43-46(34)27-12-6-5-7-13-27)14-9-15-29(47)41-20-21-44(2)3)30(23-16-18-26(37)19-17-23)32(35(45)49)42-33(48)24-10-8-11-25(22-24)36(38,39)40/h5-13,15-19,22,30,32H,4,14,20-21H2,1-3H3,(H,41,47)(H,42,48)/b15-9+/t30-,32-/m0/s1. The second-order valence-corrected chi connectivity index (χ2v) is 11.8. The van der Waals surface area contributed by atoms with Gasteiger partial charge in [0.05, 0.1) is 16.9 Å². The molecule has 3 amide bonds. The van der Waals surface area contributed by atoms with Crippen molar-refractivity contribution in [1.29, 1.82) is 0 Å². The monoisotopic (exact) mass is 676 g/mol. The van der Waals surface area contributed by atoms with Gasteiger partial charge in [-0.15, -0.1) is 0 Å². The second kappa shape index (κ2) is 14.9.